The lowest BCUT2D eigenvalue weighted by molar-refractivity contribution is 0.149. The van der Waals surface area contributed by atoms with Gasteiger partial charge < -0.3 is 15.2 Å². The molecule has 1 saturated heterocycles. The summed E-state index contributed by atoms with van der Waals surface area (Å²) in [6.07, 6.45) is 0.300. The van der Waals surface area contributed by atoms with Crippen molar-refractivity contribution in [3.63, 3.8) is 0 Å². The Balaban J connectivity index is 1.60. The van der Waals surface area contributed by atoms with Gasteiger partial charge in [-0.05, 0) is 46.7 Å². The molecule has 3 aromatic rings. The number of β-amino-alcohol motifs (C(OH)–C–C–N with tert-alkyl or cyclic N) is 1. The normalized spacial score (nSPS) is 20.9. The summed E-state index contributed by atoms with van der Waals surface area (Å²) < 4.78 is 0. The largest absolute Gasteiger partial charge is 0.395 e. The molecule has 2 atom stereocenters. The second kappa shape index (κ2) is 7.36. The highest BCUT2D eigenvalue weighted by Gasteiger charge is 2.30. The minimum atomic E-state index is -0.344. The Hall–Kier alpha value is -2.14. The number of nitrogens with one attached hydrogen (secondary N) is 1. The predicted octanol–water partition coefficient (Wildman–Crippen LogP) is 4.06. The molecule has 2 aromatic carbocycles. The number of aliphatic hydroxyl groups is 2. The fourth-order valence-corrected chi connectivity index (χ4v) is 4.18. The predicted molar refractivity (Wildman–Crippen MR) is 114 cm³/mol. The van der Waals surface area contributed by atoms with Gasteiger partial charge in [-0.25, -0.2) is 0 Å². The molecular formula is C24H30N2O2. The number of aromatic nitrogens is 1. The van der Waals surface area contributed by atoms with E-state index in [1.54, 1.807) is 0 Å². The third kappa shape index (κ3) is 3.86. The van der Waals surface area contributed by atoms with Gasteiger partial charge in [0.25, 0.3) is 0 Å². The molecule has 1 aliphatic rings. The van der Waals surface area contributed by atoms with Crippen LogP contribution in [0.3, 0.4) is 0 Å². The number of hydrogen-bond donors (Lipinski definition) is 3. The minimum absolute atomic E-state index is 0.0390. The standard InChI is InChI=1S/C24H30N2O2/c1-24(2,3)19-6-4-5-16(10-19)17-7-8-23-18(9-17)11-20(25-23)13-26-14-22(28)12-21(26)15-27/h4-11,21-22,25,27-28H,12-15H2,1-3H3/t21-,22-/m1/s1. The molecule has 1 aliphatic heterocycles. The molecule has 0 aliphatic carbocycles. The van der Waals surface area contributed by atoms with Gasteiger partial charge in [-0.1, -0.05) is 51.1 Å². The van der Waals surface area contributed by atoms with Gasteiger partial charge in [0.2, 0.25) is 0 Å². The van der Waals surface area contributed by atoms with Crippen molar-refractivity contribution in [2.75, 3.05) is 13.2 Å². The quantitative estimate of drug-likeness (QED) is 0.642. The van der Waals surface area contributed by atoms with E-state index in [9.17, 15) is 10.2 Å². The van der Waals surface area contributed by atoms with E-state index in [0.717, 1.165) is 11.2 Å². The van der Waals surface area contributed by atoms with Gasteiger partial charge in [0.1, 0.15) is 0 Å². The zero-order chi connectivity index (χ0) is 19.9. The molecule has 28 heavy (non-hydrogen) atoms. The van der Waals surface area contributed by atoms with E-state index in [1.807, 2.05) is 0 Å². The molecule has 0 bridgehead atoms. The van der Waals surface area contributed by atoms with Gasteiger partial charge in [0.05, 0.1) is 12.7 Å². The highest BCUT2D eigenvalue weighted by atomic mass is 16.3. The van der Waals surface area contributed by atoms with Crippen molar-refractivity contribution < 1.29 is 10.2 Å². The number of rotatable bonds is 4. The Bertz CT molecular complexity index is 970. The van der Waals surface area contributed by atoms with Crippen molar-refractivity contribution in [1.82, 2.24) is 9.88 Å². The first-order chi connectivity index (χ1) is 13.3. The van der Waals surface area contributed by atoms with Crippen LogP contribution in [0.5, 0.6) is 0 Å². The van der Waals surface area contributed by atoms with Gasteiger partial charge in [-0.3, -0.25) is 4.90 Å². The lowest BCUT2D eigenvalue weighted by Crippen LogP contribution is -2.31. The van der Waals surface area contributed by atoms with Crippen molar-refractivity contribution >= 4 is 10.9 Å². The molecule has 1 aromatic heterocycles. The van der Waals surface area contributed by atoms with E-state index in [2.05, 4.69) is 79.2 Å². The van der Waals surface area contributed by atoms with E-state index in [0.29, 0.717) is 19.5 Å². The molecule has 0 spiro atoms. The average molecular weight is 379 g/mol. The molecule has 0 amide bonds. The smallest absolute Gasteiger partial charge is 0.0683 e. The van der Waals surface area contributed by atoms with Crippen LogP contribution in [0.1, 0.15) is 38.4 Å². The molecule has 4 heteroatoms. The number of fused-ring (bicyclic) bond motifs is 1. The number of aromatic amines is 1. The summed E-state index contributed by atoms with van der Waals surface area (Å²) in [5.41, 5.74) is 6.15. The monoisotopic (exact) mass is 378 g/mol. The first-order valence-corrected chi connectivity index (χ1v) is 10.1. The Kier molecular flexibility index (Phi) is 5.04. The Morgan fingerprint density at radius 1 is 1.07 bits per heavy atom. The number of aliphatic hydroxyl groups excluding tert-OH is 2. The SMILES string of the molecule is CC(C)(C)c1cccc(-c2ccc3[nH]c(CN4C[C@H](O)C[C@@H]4CO)cc3c2)c1. The van der Waals surface area contributed by atoms with Crippen LogP contribution in [0.15, 0.2) is 48.5 Å². The highest BCUT2D eigenvalue weighted by molar-refractivity contribution is 5.86. The molecule has 1 fully saturated rings. The summed E-state index contributed by atoms with van der Waals surface area (Å²) in [7, 11) is 0. The maximum Gasteiger partial charge on any atom is 0.0683 e. The zero-order valence-electron chi connectivity index (χ0n) is 16.9. The molecule has 4 nitrogen and oxygen atoms in total. The summed E-state index contributed by atoms with van der Waals surface area (Å²) >= 11 is 0. The topological polar surface area (TPSA) is 59.5 Å². The third-order valence-electron chi connectivity index (χ3n) is 5.83. The molecule has 0 unspecified atom stereocenters. The molecule has 2 heterocycles. The van der Waals surface area contributed by atoms with Gasteiger partial charge >= 0.3 is 0 Å². The summed E-state index contributed by atoms with van der Waals surface area (Å²) in [6, 6.07) is 17.5. The lowest BCUT2D eigenvalue weighted by Gasteiger charge is -2.21. The zero-order valence-corrected chi connectivity index (χ0v) is 16.9. The molecule has 148 valence electrons. The number of likely N-dealkylation sites (tertiary alicyclic amines) is 1. The molecular weight excluding hydrogens is 348 g/mol. The summed E-state index contributed by atoms with van der Waals surface area (Å²) in [5.74, 6) is 0. The van der Waals surface area contributed by atoms with Crippen LogP contribution in [0.4, 0.5) is 0 Å². The van der Waals surface area contributed by atoms with E-state index < -0.39 is 0 Å². The highest BCUT2D eigenvalue weighted by Crippen LogP contribution is 2.30. The van der Waals surface area contributed by atoms with E-state index in [4.69, 9.17) is 0 Å². The van der Waals surface area contributed by atoms with E-state index >= 15 is 0 Å². The van der Waals surface area contributed by atoms with Crippen LogP contribution in [-0.4, -0.2) is 45.4 Å². The van der Waals surface area contributed by atoms with Gasteiger partial charge in [0.15, 0.2) is 0 Å². The first-order valence-electron chi connectivity index (χ1n) is 10.1. The summed E-state index contributed by atoms with van der Waals surface area (Å²) in [5, 5.41) is 20.6. The van der Waals surface area contributed by atoms with Crippen LogP contribution in [0.2, 0.25) is 0 Å². The maximum atomic E-state index is 9.90. The minimum Gasteiger partial charge on any atom is -0.395 e. The van der Waals surface area contributed by atoms with Crippen LogP contribution in [0.25, 0.3) is 22.0 Å². The summed E-state index contributed by atoms with van der Waals surface area (Å²) in [4.78, 5) is 5.65. The molecule has 4 rings (SSSR count). The van der Waals surface area contributed by atoms with Crippen LogP contribution < -0.4 is 0 Å². The fourth-order valence-electron chi connectivity index (χ4n) is 4.18. The molecule has 0 radical (unpaired) electrons. The van der Waals surface area contributed by atoms with Crippen molar-refractivity contribution in [1.29, 1.82) is 0 Å². The Morgan fingerprint density at radius 2 is 1.86 bits per heavy atom. The van der Waals surface area contributed by atoms with Crippen LogP contribution in [-0.2, 0) is 12.0 Å². The fraction of sp³-hybridized carbons (Fsp3) is 0.417. The van der Waals surface area contributed by atoms with Gasteiger partial charge in [0, 0.05) is 35.7 Å². The number of H-pyrrole nitrogens is 1. The van der Waals surface area contributed by atoms with E-state index in [1.165, 1.54) is 22.1 Å². The van der Waals surface area contributed by atoms with Gasteiger partial charge in [-0.2, -0.15) is 0 Å². The summed E-state index contributed by atoms with van der Waals surface area (Å²) in [6.45, 7) is 8.14. The number of hydrogen-bond acceptors (Lipinski definition) is 3. The second-order valence-corrected chi connectivity index (χ2v) is 9.08. The van der Waals surface area contributed by atoms with Crippen LogP contribution >= 0.6 is 0 Å². The Morgan fingerprint density at radius 3 is 2.61 bits per heavy atom. The Labute approximate surface area is 166 Å². The van der Waals surface area contributed by atoms with Gasteiger partial charge in [-0.15, -0.1) is 0 Å². The first kappa shape index (κ1) is 19.2. The molecule has 0 saturated carbocycles. The maximum absolute atomic E-state index is 9.90. The van der Waals surface area contributed by atoms with Crippen molar-refractivity contribution in [3.05, 3.63) is 59.8 Å². The number of nitrogens with zero attached hydrogens (tertiary/aromatic N) is 1. The second-order valence-electron chi connectivity index (χ2n) is 9.08. The third-order valence-corrected chi connectivity index (χ3v) is 5.83. The van der Waals surface area contributed by atoms with Crippen LogP contribution in [0, 0.1) is 0 Å². The van der Waals surface area contributed by atoms with Crippen molar-refractivity contribution in [3.8, 4) is 11.1 Å². The van der Waals surface area contributed by atoms with Crippen molar-refractivity contribution in [2.45, 2.75) is 51.3 Å². The number of benzene rings is 2. The average Bonchev–Trinajstić information content (AvgIpc) is 3.22. The van der Waals surface area contributed by atoms with Crippen molar-refractivity contribution in [2.24, 2.45) is 0 Å². The molecule has 3 N–H and O–H groups in total. The lowest BCUT2D eigenvalue weighted by atomic mass is 9.85. The van der Waals surface area contributed by atoms with E-state index in [-0.39, 0.29) is 24.2 Å².